The van der Waals surface area contributed by atoms with E-state index in [1.165, 1.54) is 0 Å². The molecule has 0 bridgehead atoms. The molecule has 0 aliphatic carbocycles. The number of nitrogens with zero attached hydrogens (tertiary/aromatic N) is 2. The van der Waals surface area contributed by atoms with E-state index < -0.39 is 0 Å². The fourth-order valence-corrected chi connectivity index (χ4v) is 1.46. The zero-order valence-corrected chi connectivity index (χ0v) is 8.88. The van der Waals surface area contributed by atoms with Crippen molar-refractivity contribution in [1.82, 2.24) is 9.88 Å². The van der Waals surface area contributed by atoms with E-state index in [-0.39, 0.29) is 0 Å². The summed E-state index contributed by atoms with van der Waals surface area (Å²) in [6, 6.07) is 5.73. The smallest absolute Gasteiger partial charge is 0.129 e. The molecule has 0 spiro atoms. The van der Waals surface area contributed by atoms with Crippen LogP contribution in [-0.4, -0.2) is 23.5 Å². The Balaban J connectivity index is 2.53. The predicted octanol–water partition coefficient (Wildman–Crippen LogP) is 2.58. The summed E-state index contributed by atoms with van der Waals surface area (Å²) in [5.74, 6) is 0. The van der Waals surface area contributed by atoms with Crippen LogP contribution in [0.25, 0.3) is 0 Å². The summed E-state index contributed by atoms with van der Waals surface area (Å²) in [6.07, 6.45) is 1.16. The quantitative estimate of drug-likeness (QED) is 0.692. The highest BCUT2D eigenvalue weighted by molar-refractivity contribution is 6.29. The number of halogens is 1. The van der Waals surface area contributed by atoms with Gasteiger partial charge in [-0.2, -0.15) is 0 Å². The molecular weight excluding hydrogens is 184 g/mol. The summed E-state index contributed by atoms with van der Waals surface area (Å²) in [7, 11) is 2.09. The van der Waals surface area contributed by atoms with Crippen molar-refractivity contribution in [3.63, 3.8) is 0 Å². The van der Waals surface area contributed by atoms with Gasteiger partial charge in [0.2, 0.25) is 0 Å². The van der Waals surface area contributed by atoms with Crippen molar-refractivity contribution in [3.8, 4) is 0 Å². The number of pyridine rings is 1. The Labute approximate surface area is 84.5 Å². The standard InChI is InChI=1S/C10H15ClN2/c1-3-7-13(2)8-9-5-4-6-10(11)12-9/h4-6H,3,7-8H2,1-2H3. The number of hydrogen-bond donors (Lipinski definition) is 0. The second-order valence-corrected chi connectivity index (χ2v) is 3.58. The van der Waals surface area contributed by atoms with Gasteiger partial charge in [0, 0.05) is 6.54 Å². The van der Waals surface area contributed by atoms with Gasteiger partial charge in [-0.25, -0.2) is 4.98 Å². The van der Waals surface area contributed by atoms with Crippen LogP contribution in [0.4, 0.5) is 0 Å². The molecule has 0 fully saturated rings. The monoisotopic (exact) mass is 198 g/mol. The van der Waals surface area contributed by atoms with Crippen LogP contribution < -0.4 is 0 Å². The Kier molecular flexibility index (Phi) is 4.19. The Hall–Kier alpha value is -0.600. The maximum absolute atomic E-state index is 5.78. The SMILES string of the molecule is CCCN(C)Cc1cccc(Cl)n1. The highest BCUT2D eigenvalue weighted by atomic mass is 35.5. The van der Waals surface area contributed by atoms with Gasteiger partial charge in [-0.05, 0) is 32.1 Å². The van der Waals surface area contributed by atoms with Crippen molar-refractivity contribution in [1.29, 1.82) is 0 Å². The predicted molar refractivity (Wildman–Crippen MR) is 55.9 cm³/mol. The van der Waals surface area contributed by atoms with Crippen LogP contribution in [0.5, 0.6) is 0 Å². The third-order valence-electron chi connectivity index (χ3n) is 1.81. The zero-order valence-electron chi connectivity index (χ0n) is 8.13. The first kappa shape index (κ1) is 10.5. The van der Waals surface area contributed by atoms with Gasteiger partial charge in [0.05, 0.1) is 5.69 Å². The second-order valence-electron chi connectivity index (χ2n) is 3.19. The largest absolute Gasteiger partial charge is 0.301 e. The van der Waals surface area contributed by atoms with Crippen LogP contribution in [0.1, 0.15) is 19.0 Å². The van der Waals surface area contributed by atoms with Gasteiger partial charge in [-0.15, -0.1) is 0 Å². The molecule has 0 aromatic carbocycles. The zero-order chi connectivity index (χ0) is 9.68. The maximum atomic E-state index is 5.78. The first-order valence-corrected chi connectivity index (χ1v) is 4.90. The van der Waals surface area contributed by atoms with Crippen LogP contribution in [0.15, 0.2) is 18.2 Å². The van der Waals surface area contributed by atoms with E-state index in [0.717, 1.165) is 25.2 Å². The minimum atomic E-state index is 0.572. The average molecular weight is 199 g/mol. The molecule has 3 heteroatoms. The summed E-state index contributed by atoms with van der Waals surface area (Å²) in [4.78, 5) is 6.45. The molecule has 0 radical (unpaired) electrons. The van der Waals surface area contributed by atoms with Crippen molar-refractivity contribution in [3.05, 3.63) is 29.0 Å². The van der Waals surface area contributed by atoms with Crippen molar-refractivity contribution in [2.45, 2.75) is 19.9 Å². The lowest BCUT2D eigenvalue weighted by molar-refractivity contribution is 0.323. The van der Waals surface area contributed by atoms with Crippen LogP contribution >= 0.6 is 11.6 Å². The van der Waals surface area contributed by atoms with Crippen molar-refractivity contribution < 1.29 is 0 Å². The lowest BCUT2D eigenvalue weighted by Gasteiger charge is -2.14. The average Bonchev–Trinajstić information content (AvgIpc) is 2.04. The topological polar surface area (TPSA) is 16.1 Å². The van der Waals surface area contributed by atoms with Gasteiger partial charge >= 0.3 is 0 Å². The maximum Gasteiger partial charge on any atom is 0.129 e. The molecule has 0 unspecified atom stereocenters. The molecule has 0 saturated carbocycles. The summed E-state index contributed by atoms with van der Waals surface area (Å²) in [6.45, 7) is 4.13. The highest BCUT2D eigenvalue weighted by Gasteiger charge is 2.00. The third-order valence-corrected chi connectivity index (χ3v) is 2.02. The minimum Gasteiger partial charge on any atom is -0.301 e. The van der Waals surface area contributed by atoms with Crippen molar-refractivity contribution in [2.75, 3.05) is 13.6 Å². The normalized spacial score (nSPS) is 10.8. The van der Waals surface area contributed by atoms with Crippen LogP contribution in [0.3, 0.4) is 0 Å². The molecule has 0 N–H and O–H groups in total. The van der Waals surface area contributed by atoms with Crippen molar-refractivity contribution >= 4 is 11.6 Å². The van der Waals surface area contributed by atoms with Gasteiger partial charge in [0.25, 0.3) is 0 Å². The molecular formula is C10H15ClN2. The first-order chi connectivity index (χ1) is 6.22. The molecule has 1 heterocycles. The van der Waals surface area contributed by atoms with Crippen LogP contribution in [0, 0.1) is 0 Å². The Morgan fingerprint density at radius 1 is 1.46 bits per heavy atom. The van der Waals surface area contributed by atoms with Gasteiger partial charge in [0.15, 0.2) is 0 Å². The van der Waals surface area contributed by atoms with E-state index in [2.05, 4.69) is 23.9 Å². The molecule has 2 nitrogen and oxygen atoms in total. The van der Waals surface area contributed by atoms with E-state index in [0.29, 0.717) is 5.15 Å². The molecule has 0 aliphatic rings. The Morgan fingerprint density at radius 2 is 2.23 bits per heavy atom. The molecule has 0 atom stereocenters. The lowest BCUT2D eigenvalue weighted by Crippen LogP contribution is -2.19. The van der Waals surface area contributed by atoms with E-state index >= 15 is 0 Å². The molecule has 72 valence electrons. The molecule has 1 aromatic rings. The molecule has 1 aromatic heterocycles. The Morgan fingerprint density at radius 3 is 2.85 bits per heavy atom. The van der Waals surface area contributed by atoms with Gasteiger partial charge < -0.3 is 4.90 Å². The Bertz CT molecular complexity index is 263. The van der Waals surface area contributed by atoms with Crippen molar-refractivity contribution in [2.24, 2.45) is 0 Å². The number of aromatic nitrogens is 1. The van der Waals surface area contributed by atoms with Crippen LogP contribution in [0.2, 0.25) is 5.15 Å². The molecule has 1 rings (SSSR count). The fourth-order valence-electron chi connectivity index (χ4n) is 1.28. The molecule has 0 saturated heterocycles. The summed E-state index contributed by atoms with van der Waals surface area (Å²) in [5, 5.41) is 0.572. The van der Waals surface area contributed by atoms with Crippen LogP contribution in [-0.2, 0) is 6.54 Å². The summed E-state index contributed by atoms with van der Waals surface area (Å²) < 4.78 is 0. The lowest BCUT2D eigenvalue weighted by atomic mass is 10.3. The summed E-state index contributed by atoms with van der Waals surface area (Å²) >= 11 is 5.78. The fraction of sp³-hybridized carbons (Fsp3) is 0.500. The van der Waals surface area contributed by atoms with Gasteiger partial charge in [0.1, 0.15) is 5.15 Å². The number of rotatable bonds is 4. The molecule has 13 heavy (non-hydrogen) atoms. The van der Waals surface area contributed by atoms with Gasteiger partial charge in [-0.1, -0.05) is 24.6 Å². The van der Waals surface area contributed by atoms with E-state index in [9.17, 15) is 0 Å². The van der Waals surface area contributed by atoms with E-state index in [4.69, 9.17) is 11.6 Å². The molecule has 0 aliphatic heterocycles. The second kappa shape index (κ2) is 5.20. The first-order valence-electron chi connectivity index (χ1n) is 4.52. The van der Waals surface area contributed by atoms with E-state index in [1.807, 2.05) is 12.1 Å². The summed E-state index contributed by atoms with van der Waals surface area (Å²) in [5.41, 5.74) is 1.03. The molecule has 0 amide bonds. The third kappa shape index (κ3) is 3.75. The number of hydrogen-bond acceptors (Lipinski definition) is 2. The van der Waals surface area contributed by atoms with E-state index in [1.54, 1.807) is 6.07 Å². The highest BCUT2D eigenvalue weighted by Crippen LogP contribution is 2.06. The van der Waals surface area contributed by atoms with Gasteiger partial charge in [-0.3, -0.25) is 0 Å². The minimum absolute atomic E-state index is 0.572.